The Balaban J connectivity index is 1.05. The SMILES string of the molecule is COC(=O)N[C@H](C(=O)N1CCC[C@H]1C(=O)Nc1ccc([C@@H]2CC[C@@H](c3ccc(-c4c[nH]c([C@@H]5CCCN5C(=O)[C@@H](NC(=O)OC)C(C)C)n4)cc3)N2c2ccc(F)cc2)cc1)C(C)C. The number of anilines is 2. The van der Waals surface area contributed by atoms with Crippen molar-refractivity contribution in [2.75, 3.05) is 37.5 Å². The molecule has 3 aliphatic heterocycles. The van der Waals surface area contributed by atoms with E-state index in [-0.39, 0.29) is 53.5 Å². The minimum Gasteiger partial charge on any atom is -0.453 e. The maximum absolute atomic E-state index is 14.2. The third-order valence-corrected chi connectivity index (χ3v) is 12.7. The van der Waals surface area contributed by atoms with Gasteiger partial charge in [-0.05, 0) is 97.9 Å². The molecule has 5 amide bonds. The highest BCUT2D eigenvalue weighted by atomic mass is 19.1. The highest BCUT2D eigenvalue weighted by molar-refractivity contribution is 5.98. The summed E-state index contributed by atoms with van der Waals surface area (Å²) >= 11 is 0. The molecule has 4 N–H and O–H groups in total. The Morgan fingerprint density at radius 2 is 1.22 bits per heavy atom. The van der Waals surface area contributed by atoms with Crippen LogP contribution in [-0.2, 0) is 23.9 Å². The standard InChI is InChI=1S/C48H59FN8O7/c1-28(2)41(53-47(61)63-5)45(59)55-25-7-9-39(55)43-50-27-36(52-43)30-11-13-31(14-12-30)37-23-24-38(57(37)35-21-17-33(49)18-22-35)32-15-19-34(20-16-32)51-44(58)40-10-8-26-56(40)46(60)42(29(3)4)54-48(62)64-6/h11-22,27-29,37-42H,7-10,23-26H2,1-6H3,(H,50,52)(H,51,58)(H,53,61)(H,54,62)/t37-,38-,39-,40-,41-,42-/m0/s1. The van der Waals surface area contributed by atoms with E-state index in [2.05, 4.69) is 38.0 Å². The molecule has 0 saturated carbocycles. The average molecular weight is 879 g/mol. The lowest BCUT2D eigenvalue weighted by Gasteiger charge is -2.33. The second-order valence-corrected chi connectivity index (χ2v) is 17.5. The van der Waals surface area contributed by atoms with Crippen molar-refractivity contribution in [3.05, 3.63) is 102 Å². The van der Waals surface area contributed by atoms with Crippen LogP contribution in [0.15, 0.2) is 79.0 Å². The molecule has 0 bridgehead atoms. The summed E-state index contributed by atoms with van der Waals surface area (Å²) in [4.78, 5) is 78.7. The summed E-state index contributed by atoms with van der Waals surface area (Å²) in [6.07, 6.45) is 4.94. The molecule has 3 aliphatic rings. The molecule has 1 aromatic heterocycles. The Labute approximate surface area is 373 Å². The smallest absolute Gasteiger partial charge is 0.407 e. The van der Waals surface area contributed by atoms with E-state index < -0.39 is 30.3 Å². The molecule has 6 atom stereocenters. The van der Waals surface area contributed by atoms with Crippen LogP contribution in [-0.4, -0.2) is 95.1 Å². The molecule has 7 rings (SSSR count). The number of nitrogens with one attached hydrogen (secondary N) is 4. The number of aromatic nitrogens is 2. The zero-order valence-electron chi connectivity index (χ0n) is 37.3. The van der Waals surface area contributed by atoms with Gasteiger partial charge in [0.1, 0.15) is 29.8 Å². The summed E-state index contributed by atoms with van der Waals surface area (Å²) in [5.74, 6) is -0.734. The van der Waals surface area contributed by atoms with Gasteiger partial charge in [0.15, 0.2) is 0 Å². The molecule has 4 aromatic rings. The number of methoxy groups -OCH3 is 2. The number of amides is 5. The summed E-state index contributed by atoms with van der Waals surface area (Å²) in [5.41, 5.74) is 5.29. The first kappa shape index (κ1) is 45.6. The normalized spacial score (nSPS) is 20.6. The molecule has 0 radical (unpaired) electrons. The fourth-order valence-electron chi connectivity index (χ4n) is 9.36. The van der Waals surface area contributed by atoms with Gasteiger partial charge in [-0.3, -0.25) is 14.4 Å². The van der Waals surface area contributed by atoms with Gasteiger partial charge in [-0.2, -0.15) is 0 Å². The number of benzene rings is 3. The van der Waals surface area contributed by atoms with Crippen LogP contribution in [0.2, 0.25) is 0 Å². The van der Waals surface area contributed by atoms with Crippen LogP contribution in [0.1, 0.15) is 101 Å². The van der Waals surface area contributed by atoms with Crippen molar-refractivity contribution in [1.29, 1.82) is 0 Å². The van der Waals surface area contributed by atoms with Crippen LogP contribution in [0.25, 0.3) is 11.3 Å². The molecule has 15 nitrogen and oxygen atoms in total. The van der Waals surface area contributed by atoms with E-state index in [1.165, 1.54) is 26.4 Å². The van der Waals surface area contributed by atoms with Gasteiger partial charge >= 0.3 is 12.2 Å². The van der Waals surface area contributed by atoms with Crippen molar-refractivity contribution >= 4 is 41.3 Å². The van der Waals surface area contributed by atoms with Gasteiger partial charge in [-0.25, -0.2) is 19.0 Å². The first-order valence-corrected chi connectivity index (χ1v) is 22.2. The highest BCUT2D eigenvalue weighted by Gasteiger charge is 2.40. The molecular weight excluding hydrogens is 820 g/mol. The zero-order valence-corrected chi connectivity index (χ0v) is 37.3. The van der Waals surface area contributed by atoms with E-state index in [0.717, 1.165) is 53.8 Å². The molecule has 3 saturated heterocycles. The molecule has 3 fully saturated rings. The lowest BCUT2D eigenvalue weighted by molar-refractivity contribution is -0.139. The zero-order chi connectivity index (χ0) is 45.7. The van der Waals surface area contributed by atoms with Crippen LogP contribution >= 0.6 is 0 Å². The van der Waals surface area contributed by atoms with Gasteiger partial charge in [-0.15, -0.1) is 0 Å². The summed E-state index contributed by atoms with van der Waals surface area (Å²) in [7, 11) is 2.52. The lowest BCUT2D eigenvalue weighted by Crippen LogP contribution is -2.54. The summed E-state index contributed by atoms with van der Waals surface area (Å²) in [6, 6.07) is 20.1. The predicted molar refractivity (Wildman–Crippen MR) is 239 cm³/mol. The minimum atomic E-state index is -0.821. The van der Waals surface area contributed by atoms with Crippen molar-refractivity contribution in [2.24, 2.45) is 11.8 Å². The molecule has 0 unspecified atom stereocenters. The van der Waals surface area contributed by atoms with E-state index in [1.54, 1.807) is 21.9 Å². The van der Waals surface area contributed by atoms with E-state index in [9.17, 15) is 28.4 Å². The number of rotatable bonds is 13. The van der Waals surface area contributed by atoms with E-state index in [4.69, 9.17) is 14.5 Å². The number of H-pyrrole nitrogens is 1. The van der Waals surface area contributed by atoms with Gasteiger partial charge in [-0.1, -0.05) is 64.1 Å². The highest BCUT2D eigenvalue weighted by Crippen LogP contribution is 2.47. The first-order valence-electron chi connectivity index (χ1n) is 22.2. The quantitative estimate of drug-likeness (QED) is 0.105. The van der Waals surface area contributed by atoms with Gasteiger partial charge in [0, 0.05) is 36.2 Å². The molecular formula is C48H59FN8O7. The Morgan fingerprint density at radius 3 is 1.78 bits per heavy atom. The predicted octanol–water partition coefficient (Wildman–Crippen LogP) is 7.65. The fraction of sp³-hybridized carbons (Fsp3) is 0.458. The van der Waals surface area contributed by atoms with E-state index >= 15 is 0 Å². The maximum atomic E-state index is 14.2. The minimum absolute atomic E-state index is 0.0154. The third-order valence-electron chi connectivity index (χ3n) is 12.7. The van der Waals surface area contributed by atoms with Crippen LogP contribution < -0.4 is 20.9 Å². The summed E-state index contributed by atoms with van der Waals surface area (Å²) in [5, 5.41) is 8.32. The topological polar surface area (TPSA) is 178 Å². The number of carbonyl (C=O) groups is 5. The molecule has 16 heteroatoms. The number of likely N-dealkylation sites (tertiary alicyclic amines) is 2. The monoisotopic (exact) mass is 878 g/mol. The molecule has 3 aromatic carbocycles. The maximum Gasteiger partial charge on any atom is 0.407 e. The first-order chi connectivity index (χ1) is 30.8. The number of alkyl carbamates (subject to hydrolysis) is 2. The summed E-state index contributed by atoms with van der Waals surface area (Å²) < 4.78 is 23.7. The molecule has 0 aliphatic carbocycles. The van der Waals surface area contributed by atoms with Crippen LogP contribution in [0.5, 0.6) is 0 Å². The number of aromatic amines is 1. The summed E-state index contributed by atoms with van der Waals surface area (Å²) in [6.45, 7) is 8.42. The number of nitrogens with zero attached hydrogens (tertiary/aromatic N) is 4. The number of ether oxygens (including phenoxy) is 2. The number of hydrogen-bond donors (Lipinski definition) is 4. The van der Waals surface area contributed by atoms with Crippen molar-refractivity contribution < 1.29 is 37.8 Å². The van der Waals surface area contributed by atoms with Crippen molar-refractivity contribution in [2.45, 2.75) is 102 Å². The molecule has 0 spiro atoms. The number of imidazole rings is 1. The number of hydrogen-bond acceptors (Lipinski definition) is 9. The largest absolute Gasteiger partial charge is 0.453 e. The average Bonchev–Trinajstić information content (AvgIpc) is 4.14. The number of carbonyl (C=O) groups excluding carboxylic acids is 5. The van der Waals surface area contributed by atoms with Crippen LogP contribution in [0.4, 0.5) is 25.4 Å². The fourth-order valence-corrected chi connectivity index (χ4v) is 9.36. The van der Waals surface area contributed by atoms with E-state index in [1.807, 2.05) is 70.3 Å². The van der Waals surface area contributed by atoms with E-state index in [0.29, 0.717) is 37.4 Å². The second kappa shape index (κ2) is 19.9. The lowest BCUT2D eigenvalue weighted by atomic mass is 10.0. The Kier molecular flexibility index (Phi) is 14.2. The third kappa shape index (κ3) is 9.85. The van der Waals surface area contributed by atoms with Crippen LogP contribution in [0.3, 0.4) is 0 Å². The Bertz CT molecular complexity index is 2280. The van der Waals surface area contributed by atoms with Gasteiger partial charge in [0.25, 0.3) is 0 Å². The van der Waals surface area contributed by atoms with Crippen molar-refractivity contribution in [3.63, 3.8) is 0 Å². The van der Waals surface area contributed by atoms with Crippen molar-refractivity contribution in [1.82, 2.24) is 30.4 Å². The number of halogens is 1. The molecule has 64 heavy (non-hydrogen) atoms. The van der Waals surface area contributed by atoms with Crippen LogP contribution in [0, 0.1) is 17.7 Å². The molecule has 4 heterocycles. The van der Waals surface area contributed by atoms with Gasteiger partial charge in [0.05, 0.1) is 38.0 Å². The second-order valence-electron chi connectivity index (χ2n) is 17.5. The Hall–Kier alpha value is -6.45. The van der Waals surface area contributed by atoms with Gasteiger partial charge in [0.2, 0.25) is 17.7 Å². The van der Waals surface area contributed by atoms with Gasteiger partial charge < -0.3 is 45.1 Å². The van der Waals surface area contributed by atoms with Crippen molar-refractivity contribution in [3.8, 4) is 11.3 Å². The molecule has 340 valence electrons. The Morgan fingerprint density at radius 1 is 0.688 bits per heavy atom.